The number of pyridine rings is 1. The second kappa shape index (κ2) is 8.63. The van der Waals surface area contributed by atoms with E-state index in [0.29, 0.717) is 31.3 Å². The van der Waals surface area contributed by atoms with Gasteiger partial charge in [-0.25, -0.2) is 9.97 Å². The molecule has 0 spiro atoms. The summed E-state index contributed by atoms with van der Waals surface area (Å²) in [6.07, 6.45) is 0.771. The van der Waals surface area contributed by atoms with E-state index >= 15 is 0 Å². The topological polar surface area (TPSA) is 83.0 Å². The Morgan fingerprint density at radius 1 is 1.19 bits per heavy atom. The molecule has 2 heterocycles. The number of aromatic nitrogens is 3. The average Bonchev–Trinajstić information content (AvgIpc) is 3.04. The van der Waals surface area contributed by atoms with E-state index in [9.17, 15) is 4.21 Å². The first-order chi connectivity index (χ1) is 13.0. The van der Waals surface area contributed by atoms with Crippen LogP contribution in [-0.4, -0.2) is 31.1 Å². The molecule has 0 amide bonds. The number of nitrogens with two attached hydrogens (primary N) is 1. The second-order valence-electron chi connectivity index (χ2n) is 6.44. The van der Waals surface area contributed by atoms with E-state index < -0.39 is 10.8 Å². The Balaban J connectivity index is 1.86. The van der Waals surface area contributed by atoms with Crippen LogP contribution in [-0.2, 0) is 28.7 Å². The molecule has 1 aromatic carbocycles. The number of aryl methyl sites for hydroxylation is 3. The maximum atomic E-state index is 12.5. The van der Waals surface area contributed by atoms with Crippen molar-refractivity contribution in [3.63, 3.8) is 0 Å². The lowest BCUT2D eigenvalue weighted by Gasteiger charge is -2.12. The molecule has 0 aliphatic carbocycles. The second-order valence-corrected chi connectivity index (χ2v) is 8.01. The van der Waals surface area contributed by atoms with Crippen LogP contribution < -0.4 is 5.73 Å². The lowest BCUT2D eigenvalue weighted by molar-refractivity contribution is 0.126. The van der Waals surface area contributed by atoms with Crippen molar-refractivity contribution in [1.82, 2.24) is 14.5 Å². The molecule has 1 atom stereocenters. The molecule has 0 saturated heterocycles. The minimum Gasteiger partial charge on any atom is -0.382 e. The van der Waals surface area contributed by atoms with Crippen LogP contribution in [0.5, 0.6) is 0 Å². The highest BCUT2D eigenvalue weighted by Crippen LogP contribution is 2.26. The Hall–Kier alpha value is -2.25. The van der Waals surface area contributed by atoms with E-state index in [1.165, 1.54) is 0 Å². The molecule has 0 bridgehead atoms. The van der Waals surface area contributed by atoms with Gasteiger partial charge in [-0.15, -0.1) is 0 Å². The van der Waals surface area contributed by atoms with E-state index in [2.05, 4.69) is 14.5 Å². The van der Waals surface area contributed by atoms with Crippen molar-refractivity contribution in [2.75, 3.05) is 18.1 Å². The number of fused-ring (bicyclic) bond motifs is 1. The minimum absolute atomic E-state index is 0.422. The normalized spacial score (nSPS) is 12.6. The van der Waals surface area contributed by atoms with Crippen molar-refractivity contribution in [3.05, 3.63) is 47.4 Å². The number of nitrogens with zero attached hydrogens (tertiary/aromatic N) is 3. The molecule has 0 fully saturated rings. The lowest BCUT2D eigenvalue weighted by Crippen LogP contribution is -2.10. The number of anilines is 1. The Kier molecular flexibility index (Phi) is 6.23. The average molecular weight is 387 g/mol. The van der Waals surface area contributed by atoms with E-state index in [1.807, 2.05) is 51.1 Å². The number of hydrogen-bond donors (Lipinski definition) is 1. The Bertz CT molecular complexity index is 954. The number of nitrogen functional groups attached to an aromatic ring is 1. The molecule has 27 heavy (non-hydrogen) atoms. The van der Waals surface area contributed by atoms with Gasteiger partial charge in [0.1, 0.15) is 17.9 Å². The summed E-state index contributed by atoms with van der Waals surface area (Å²) in [4.78, 5) is 9.94. The van der Waals surface area contributed by atoms with Crippen molar-refractivity contribution >= 4 is 27.7 Å². The van der Waals surface area contributed by atoms with Gasteiger partial charge in [-0.3, -0.25) is 4.21 Å². The van der Waals surface area contributed by atoms with Crippen LogP contribution in [0.1, 0.15) is 30.4 Å². The van der Waals surface area contributed by atoms with Crippen LogP contribution in [0.2, 0.25) is 0 Å². The largest absolute Gasteiger partial charge is 0.382 e. The van der Waals surface area contributed by atoms with Gasteiger partial charge in [-0.2, -0.15) is 0 Å². The van der Waals surface area contributed by atoms with Gasteiger partial charge < -0.3 is 15.0 Å². The van der Waals surface area contributed by atoms with Crippen molar-refractivity contribution in [2.45, 2.75) is 45.2 Å². The van der Waals surface area contributed by atoms with Crippen molar-refractivity contribution in [2.24, 2.45) is 0 Å². The molecule has 3 rings (SSSR count). The zero-order valence-electron chi connectivity index (χ0n) is 16.1. The fourth-order valence-electron chi connectivity index (χ4n) is 3.14. The third-order valence-electron chi connectivity index (χ3n) is 4.63. The number of hydrogen-bond acceptors (Lipinski definition) is 5. The van der Waals surface area contributed by atoms with Crippen LogP contribution >= 0.6 is 0 Å². The predicted molar refractivity (Wildman–Crippen MR) is 109 cm³/mol. The zero-order chi connectivity index (χ0) is 19.4. The Morgan fingerprint density at radius 2 is 1.93 bits per heavy atom. The fourth-order valence-corrected chi connectivity index (χ4v) is 4.22. The summed E-state index contributed by atoms with van der Waals surface area (Å²) in [5, 5.41) is 0. The van der Waals surface area contributed by atoms with Crippen LogP contribution in [0, 0.1) is 13.8 Å². The number of benzene rings is 1. The van der Waals surface area contributed by atoms with Gasteiger partial charge in [0.2, 0.25) is 0 Å². The highest BCUT2D eigenvalue weighted by Gasteiger charge is 2.17. The van der Waals surface area contributed by atoms with Crippen LogP contribution in [0.25, 0.3) is 11.0 Å². The lowest BCUT2D eigenvalue weighted by atomic mass is 10.2. The molecule has 3 aromatic rings. The van der Waals surface area contributed by atoms with Gasteiger partial charge in [0, 0.05) is 29.5 Å². The standard InChI is InChI=1S/C20H26N4O2S/c1-4-26-13-17-23-18-19(14(2)15(3)22-20(18)21)24(17)11-8-12-27(25)16-9-6-5-7-10-16/h5-7,9-10H,4,8,11-13H2,1-3H3,(H2,21,22). The van der Waals surface area contributed by atoms with Crippen LogP contribution in [0.15, 0.2) is 35.2 Å². The van der Waals surface area contributed by atoms with Gasteiger partial charge in [-0.1, -0.05) is 18.2 Å². The molecular weight excluding hydrogens is 360 g/mol. The summed E-state index contributed by atoms with van der Waals surface area (Å²) in [6, 6.07) is 9.57. The third kappa shape index (κ3) is 4.20. The van der Waals surface area contributed by atoms with Crippen LogP contribution in [0.4, 0.5) is 5.82 Å². The molecule has 0 aliphatic rings. The first-order valence-corrected chi connectivity index (χ1v) is 10.5. The number of imidazole rings is 1. The molecule has 1 unspecified atom stereocenters. The summed E-state index contributed by atoms with van der Waals surface area (Å²) in [6.45, 7) is 7.70. The summed E-state index contributed by atoms with van der Waals surface area (Å²) < 4.78 is 20.2. The van der Waals surface area contributed by atoms with Gasteiger partial charge in [-0.05, 0) is 44.9 Å². The van der Waals surface area contributed by atoms with E-state index in [0.717, 1.165) is 39.4 Å². The predicted octanol–water partition coefficient (Wildman–Crippen LogP) is 3.36. The molecule has 0 saturated carbocycles. The van der Waals surface area contributed by atoms with E-state index in [1.54, 1.807) is 0 Å². The van der Waals surface area contributed by atoms with Crippen molar-refractivity contribution in [1.29, 1.82) is 0 Å². The molecule has 6 nitrogen and oxygen atoms in total. The van der Waals surface area contributed by atoms with Crippen molar-refractivity contribution < 1.29 is 8.95 Å². The van der Waals surface area contributed by atoms with Gasteiger partial charge in [0.15, 0.2) is 5.82 Å². The Labute approximate surface area is 162 Å². The van der Waals surface area contributed by atoms with Gasteiger partial charge >= 0.3 is 0 Å². The molecule has 0 aliphatic heterocycles. The van der Waals surface area contributed by atoms with Gasteiger partial charge in [0.25, 0.3) is 0 Å². The van der Waals surface area contributed by atoms with Crippen molar-refractivity contribution in [3.8, 4) is 0 Å². The highest BCUT2D eigenvalue weighted by molar-refractivity contribution is 7.85. The SMILES string of the molecule is CCOCc1nc2c(N)nc(C)c(C)c2n1CCCS(=O)c1ccccc1. The molecule has 7 heteroatoms. The summed E-state index contributed by atoms with van der Waals surface area (Å²) in [5.74, 6) is 1.87. The summed E-state index contributed by atoms with van der Waals surface area (Å²) in [7, 11) is -1.01. The maximum absolute atomic E-state index is 12.5. The summed E-state index contributed by atoms with van der Waals surface area (Å²) in [5.41, 5.74) is 9.80. The number of ether oxygens (including phenoxy) is 1. The zero-order valence-corrected chi connectivity index (χ0v) is 16.9. The first kappa shape index (κ1) is 19.5. The molecule has 2 N–H and O–H groups in total. The Morgan fingerprint density at radius 3 is 2.63 bits per heavy atom. The third-order valence-corrected chi connectivity index (χ3v) is 6.09. The quantitative estimate of drug-likeness (QED) is 0.642. The molecule has 0 radical (unpaired) electrons. The van der Waals surface area contributed by atoms with Gasteiger partial charge in [0.05, 0.1) is 16.3 Å². The monoisotopic (exact) mass is 386 g/mol. The molecule has 144 valence electrons. The minimum atomic E-state index is -1.01. The molecule has 2 aromatic heterocycles. The smallest absolute Gasteiger partial charge is 0.151 e. The van der Waals surface area contributed by atoms with E-state index in [-0.39, 0.29) is 0 Å². The number of rotatable bonds is 8. The van der Waals surface area contributed by atoms with Crippen LogP contribution in [0.3, 0.4) is 0 Å². The fraction of sp³-hybridized carbons (Fsp3) is 0.400. The molecular formula is C20H26N4O2S. The highest BCUT2D eigenvalue weighted by atomic mass is 32.2. The van der Waals surface area contributed by atoms with E-state index in [4.69, 9.17) is 10.5 Å². The first-order valence-electron chi connectivity index (χ1n) is 9.15. The maximum Gasteiger partial charge on any atom is 0.151 e. The summed E-state index contributed by atoms with van der Waals surface area (Å²) >= 11 is 0.